The van der Waals surface area contributed by atoms with Crippen molar-refractivity contribution in [3.8, 4) is 0 Å². The Hall–Kier alpha value is -1.06. The summed E-state index contributed by atoms with van der Waals surface area (Å²) in [5.74, 6) is -1.34. The summed E-state index contributed by atoms with van der Waals surface area (Å²) >= 11 is 0. The maximum Gasteiger partial charge on any atom is 0.307 e. The summed E-state index contributed by atoms with van der Waals surface area (Å²) in [6.45, 7) is 2.04. The van der Waals surface area contributed by atoms with Crippen LogP contribution in [0.3, 0.4) is 0 Å². The van der Waals surface area contributed by atoms with Crippen LogP contribution in [0.2, 0.25) is 0 Å². The van der Waals surface area contributed by atoms with Gasteiger partial charge in [0.05, 0.1) is 18.9 Å². The number of ether oxygens (including phenoxy) is 1. The van der Waals surface area contributed by atoms with Crippen molar-refractivity contribution in [2.45, 2.75) is 39.0 Å². The van der Waals surface area contributed by atoms with Crippen LogP contribution >= 0.6 is 0 Å². The predicted molar refractivity (Wildman–Crippen MR) is 54.3 cm³/mol. The first-order valence-electron chi connectivity index (χ1n) is 5.52. The predicted octanol–water partition coefficient (Wildman–Crippen LogP) is 1.83. The van der Waals surface area contributed by atoms with E-state index in [1.165, 1.54) is 6.42 Å². The largest absolute Gasteiger partial charge is 0.481 e. The number of carboxylic acid groups (broad SMARTS) is 1. The Morgan fingerprint density at radius 2 is 2.13 bits per heavy atom. The normalized spacial score (nSPS) is 17.9. The summed E-state index contributed by atoms with van der Waals surface area (Å²) < 4.78 is 4.75. The van der Waals surface area contributed by atoms with Gasteiger partial charge in [-0.25, -0.2) is 0 Å². The van der Waals surface area contributed by atoms with Crippen LogP contribution < -0.4 is 0 Å². The minimum Gasteiger partial charge on any atom is -0.481 e. The Bertz CT molecular complexity index is 233. The van der Waals surface area contributed by atoms with E-state index in [9.17, 15) is 9.59 Å². The Kier molecular flexibility index (Phi) is 4.59. The van der Waals surface area contributed by atoms with E-state index in [0.29, 0.717) is 18.9 Å². The number of aliphatic carboxylic acids is 1. The van der Waals surface area contributed by atoms with Gasteiger partial charge in [0.25, 0.3) is 0 Å². The van der Waals surface area contributed by atoms with Crippen molar-refractivity contribution in [3.05, 3.63) is 0 Å². The first kappa shape index (κ1) is 12.0. The summed E-state index contributed by atoms with van der Waals surface area (Å²) in [6, 6.07) is 0. The van der Waals surface area contributed by atoms with Crippen molar-refractivity contribution >= 4 is 11.9 Å². The molecule has 1 saturated carbocycles. The molecule has 0 aromatic rings. The van der Waals surface area contributed by atoms with Crippen LogP contribution in [-0.2, 0) is 14.3 Å². The lowest BCUT2D eigenvalue weighted by Crippen LogP contribution is -2.24. The number of hydrogen-bond donors (Lipinski definition) is 1. The molecule has 4 heteroatoms. The highest BCUT2D eigenvalue weighted by Gasteiger charge is 2.28. The lowest BCUT2D eigenvalue weighted by atomic mass is 9.78. The summed E-state index contributed by atoms with van der Waals surface area (Å²) in [4.78, 5) is 22.1. The molecule has 86 valence electrons. The van der Waals surface area contributed by atoms with Crippen LogP contribution in [0.4, 0.5) is 0 Å². The summed E-state index contributed by atoms with van der Waals surface area (Å²) in [5.41, 5.74) is 0. The van der Waals surface area contributed by atoms with Crippen LogP contribution in [-0.4, -0.2) is 23.7 Å². The first-order chi connectivity index (χ1) is 7.13. The van der Waals surface area contributed by atoms with Gasteiger partial charge in [-0.15, -0.1) is 0 Å². The number of esters is 1. The van der Waals surface area contributed by atoms with Gasteiger partial charge in [0.1, 0.15) is 0 Å². The molecule has 0 radical (unpaired) electrons. The zero-order valence-electron chi connectivity index (χ0n) is 9.07. The second-order valence-corrected chi connectivity index (χ2v) is 4.08. The number of carbonyl (C=O) groups excluding carboxylic acids is 1. The smallest absolute Gasteiger partial charge is 0.307 e. The Morgan fingerprint density at radius 3 is 2.53 bits per heavy atom. The molecular weight excluding hydrogens is 196 g/mol. The lowest BCUT2D eigenvalue weighted by molar-refractivity contribution is -0.152. The topological polar surface area (TPSA) is 63.6 Å². The maximum absolute atomic E-state index is 11.2. The molecule has 1 fully saturated rings. The van der Waals surface area contributed by atoms with Crippen LogP contribution in [0.5, 0.6) is 0 Å². The molecule has 0 aromatic carbocycles. The first-order valence-corrected chi connectivity index (χ1v) is 5.52. The minimum atomic E-state index is -0.880. The third kappa shape index (κ3) is 3.90. The van der Waals surface area contributed by atoms with Gasteiger partial charge in [0.2, 0.25) is 0 Å². The van der Waals surface area contributed by atoms with E-state index >= 15 is 0 Å². The fourth-order valence-corrected chi connectivity index (χ4v) is 1.82. The third-order valence-electron chi connectivity index (χ3n) is 2.91. The van der Waals surface area contributed by atoms with Gasteiger partial charge in [0.15, 0.2) is 0 Å². The van der Waals surface area contributed by atoms with E-state index in [4.69, 9.17) is 9.84 Å². The van der Waals surface area contributed by atoms with Gasteiger partial charge < -0.3 is 9.84 Å². The Labute approximate surface area is 89.6 Å². The van der Waals surface area contributed by atoms with E-state index in [-0.39, 0.29) is 6.42 Å². The molecule has 0 heterocycles. The second kappa shape index (κ2) is 5.73. The highest BCUT2D eigenvalue weighted by atomic mass is 16.5. The van der Waals surface area contributed by atoms with Crippen LogP contribution in [0.1, 0.15) is 39.0 Å². The molecule has 1 unspecified atom stereocenters. The van der Waals surface area contributed by atoms with E-state index < -0.39 is 17.9 Å². The van der Waals surface area contributed by atoms with Crippen LogP contribution in [0, 0.1) is 11.8 Å². The highest BCUT2D eigenvalue weighted by Crippen LogP contribution is 2.33. The number of carbonyl (C=O) groups is 2. The molecular formula is C11H18O4. The Morgan fingerprint density at radius 1 is 1.47 bits per heavy atom. The summed E-state index contributed by atoms with van der Waals surface area (Å²) in [6.07, 6.45) is 4.03. The molecule has 1 aliphatic carbocycles. The average molecular weight is 214 g/mol. The molecule has 0 amide bonds. The third-order valence-corrected chi connectivity index (χ3v) is 2.91. The Balaban J connectivity index is 2.35. The van der Waals surface area contributed by atoms with E-state index in [0.717, 1.165) is 12.8 Å². The molecule has 1 atom stereocenters. The van der Waals surface area contributed by atoms with Crippen molar-refractivity contribution in [2.24, 2.45) is 11.8 Å². The fourth-order valence-electron chi connectivity index (χ4n) is 1.82. The minimum absolute atomic E-state index is 0.0136. The van der Waals surface area contributed by atoms with Crippen molar-refractivity contribution in [2.75, 3.05) is 6.61 Å². The van der Waals surface area contributed by atoms with Crippen molar-refractivity contribution in [1.82, 2.24) is 0 Å². The fraction of sp³-hybridized carbons (Fsp3) is 0.818. The standard InChI is InChI=1S/C11H18O4/c1-2-15-10(12)7-9(11(13)14)6-8-4-3-5-8/h8-9H,2-7H2,1H3,(H,13,14). The van der Waals surface area contributed by atoms with Crippen molar-refractivity contribution < 1.29 is 19.4 Å². The average Bonchev–Trinajstić information content (AvgIpc) is 2.09. The van der Waals surface area contributed by atoms with Crippen LogP contribution in [0.25, 0.3) is 0 Å². The van der Waals surface area contributed by atoms with Gasteiger partial charge in [-0.3, -0.25) is 9.59 Å². The quantitative estimate of drug-likeness (QED) is 0.685. The van der Waals surface area contributed by atoms with Crippen LogP contribution in [0.15, 0.2) is 0 Å². The van der Waals surface area contributed by atoms with E-state index in [1.54, 1.807) is 6.92 Å². The van der Waals surface area contributed by atoms with Gasteiger partial charge in [0, 0.05) is 0 Å². The lowest BCUT2D eigenvalue weighted by Gasteiger charge is -2.27. The van der Waals surface area contributed by atoms with Gasteiger partial charge in [-0.1, -0.05) is 19.3 Å². The molecule has 1 aliphatic rings. The summed E-state index contributed by atoms with van der Waals surface area (Å²) in [7, 11) is 0. The number of carboxylic acids is 1. The van der Waals surface area contributed by atoms with Crippen molar-refractivity contribution in [3.63, 3.8) is 0 Å². The maximum atomic E-state index is 11.2. The number of hydrogen-bond acceptors (Lipinski definition) is 3. The van der Waals surface area contributed by atoms with Crippen molar-refractivity contribution in [1.29, 1.82) is 0 Å². The molecule has 0 spiro atoms. The summed E-state index contributed by atoms with van der Waals surface area (Å²) in [5, 5.41) is 8.95. The molecule has 0 bridgehead atoms. The highest BCUT2D eigenvalue weighted by molar-refractivity contribution is 5.78. The monoisotopic (exact) mass is 214 g/mol. The van der Waals surface area contributed by atoms with Gasteiger partial charge in [-0.05, 0) is 19.3 Å². The molecule has 0 aliphatic heterocycles. The molecule has 15 heavy (non-hydrogen) atoms. The van der Waals surface area contributed by atoms with Gasteiger partial charge in [-0.2, -0.15) is 0 Å². The zero-order chi connectivity index (χ0) is 11.3. The number of rotatable bonds is 6. The SMILES string of the molecule is CCOC(=O)CC(CC1CCC1)C(=O)O. The zero-order valence-corrected chi connectivity index (χ0v) is 9.07. The molecule has 0 saturated heterocycles. The molecule has 4 nitrogen and oxygen atoms in total. The van der Waals surface area contributed by atoms with Gasteiger partial charge >= 0.3 is 11.9 Å². The molecule has 1 rings (SSSR count). The molecule has 0 aromatic heterocycles. The second-order valence-electron chi connectivity index (χ2n) is 4.08. The van der Waals surface area contributed by atoms with E-state index in [1.807, 2.05) is 0 Å². The molecule has 1 N–H and O–H groups in total. The van der Waals surface area contributed by atoms with E-state index in [2.05, 4.69) is 0 Å².